The van der Waals surface area contributed by atoms with E-state index in [9.17, 15) is 13.6 Å². The van der Waals surface area contributed by atoms with Crippen molar-refractivity contribution in [1.82, 2.24) is 9.66 Å². The van der Waals surface area contributed by atoms with Gasteiger partial charge in [-0.05, 0) is 48.2 Å². The molecule has 0 aliphatic carbocycles. The summed E-state index contributed by atoms with van der Waals surface area (Å²) < 4.78 is 29.6. The van der Waals surface area contributed by atoms with E-state index in [4.69, 9.17) is 0 Å². The van der Waals surface area contributed by atoms with Crippen LogP contribution in [0.1, 0.15) is 11.4 Å². The van der Waals surface area contributed by atoms with E-state index >= 15 is 0 Å². The van der Waals surface area contributed by atoms with Crippen molar-refractivity contribution in [3.05, 3.63) is 57.5 Å². The monoisotopic (exact) mass is 335 g/mol. The molecule has 2 heterocycles. The number of hydrogen-bond donors (Lipinski definition) is 0. The van der Waals surface area contributed by atoms with Crippen LogP contribution in [-0.2, 0) is 0 Å². The number of hydrogen-bond acceptors (Lipinski definition) is 5. The number of aryl methyl sites for hydroxylation is 1. The maximum atomic E-state index is 12.3. The summed E-state index contributed by atoms with van der Waals surface area (Å²) in [6, 6.07) is 7.65. The zero-order valence-corrected chi connectivity index (χ0v) is 12.8. The van der Waals surface area contributed by atoms with Gasteiger partial charge in [-0.15, -0.1) is 11.3 Å². The van der Waals surface area contributed by atoms with E-state index in [1.165, 1.54) is 34.4 Å². The summed E-state index contributed by atoms with van der Waals surface area (Å²) in [6.07, 6.45) is 1.46. The highest BCUT2D eigenvalue weighted by molar-refractivity contribution is 7.16. The minimum atomic E-state index is -2.86. The Kier molecular flexibility index (Phi) is 4.16. The molecule has 0 saturated heterocycles. The minimum absolute atomic E-state index is 0.0619. The number of ether oxygens (including phenoxy) is 1. The Morgan fingerprint density at radius 1 is 1.30 bits per heavy atom. The average Bonchev–Trinajstić information content (AvgIpc) is 2.96. The number of nitrogens with zero attached hydrogens (tertiary/aromatic N) is 3. The summed E-state index contributed by atoms with van der Waals surface area (Å²) in [5.41, 5.74) is 0.394. The molecule has 0 spiro atoms. The fraction of sp³-hybridized carbons (Fsp3) is 0.133. The lowest BCUT2D eigenvalue weighted by Crippen LogP contribution is -2.19. The van der Waals surface area contributed by atoms with Gasteiger partial charge in [0, 0.05) is 0 Å². The van der Waals surface area contributed by atoms with Crippen LogP contribution in [0.15, 0.2) is 45.6 Å². The maximum Gasteiger partial charge on any atom is 0.387 e. The second-order valence-corrected chi connectivity index (χ2v) is 5.50. The van der Waals surface area contributed by atoms with Gasteiger partial charge in [0.05, 0.1) is 11.6 Å². The Labute approximate surface area is 133 Å². The standard InChI is InChI=1S/C15H11F2N3O2S/c1-9-19-13-12(6-7-23-13)14(21)20(9)18-8-10-2-4-11(5-3-10)22-15(16)17/h2-8,15H,1H3/b18-8-. The molecule has 2 aromatic heterocycles. The SMILES string of the molecule is Cc1nc2sccc2c(=O)n1/N=C\c1ccc(OC(F)F)cc1. The molecular weight excluding hydrogens is 324 g/mol. The fourth-order valence-electron chi connectivity index (χ4n) is 2.00. The Morgan fingerprint density at radius 2 is 2.04 bits per heavy atom. The van der Waals surface area contributed by atoms with E-state index in [2.05, 4.69) is 14.8 Å². The zero-order chi connectivity index (χ0) is 16.4. The van der Waals surface area contributed by atoms with Gasteiger partial charge >= 0.3 is 6.61 Å². The summed E-state index contributed by atoms with van der Waals surface area (Å²) in [7, 11) is 0. The van der Waals surface area contributed by atoms with E-state index in [1.54, 1.807) is 30.5 Å². The predicted molar refractivity (Wildman–Crippen MR) is 84.7 cm³/mol. The highest BCUT2D eigenvalue weighted by Gasteiger charge is 2.08. The molecule has 3 rings (SSSR count). The molecule has 0 radical (unpaired) electrons. The largest absolute Gasteiger partial charge is 0.435 e. The average molecular weight is 335 g/mol. The van der Waals surface area contributed by atoms with E-state index < -0.39 is 6.61 Å². The van der Waals surface area contributed by atoms with E-state index in [-0.39, 0.29) is 11.3 Å². The lowest BCUT2D eigenvalue weighted by molar-refractivity contribution is -0.0498. The van der Waals surface area contributed by atoms with E-state index in [1.807, 2.05) is 0 Å². The molecule has 0 atom stereocenters. The summed E-state index contributed by atoms with van der Waals surface area (Å²) in [6.45, 7) is -1.17. The number of alkyl halides is 2. The van der Waals surface area contributed by atoms with Crippen LogP contribution in [0, 0.1) is 6.92 Å². The van der Waals surface area contributed by atoms with Crippen LogP contribution in [0.4, 0.5) is 8.78 Å². The van der Waals surface area contributed by atoms with Crippen LogP contribution in [0.5, 0.6) is 5.75 Å². The van der Waals surface area contributed by atoms with Gasteiger partial charge in [0.15, 0.2) is 0 Å². The third kappa shape index (κ3) is 3.26. The maximum absolute atomic E-state index is 12.3. The third-order valence-electron chi connectivity index (χ3n) is 3.06. The number of rotatable bonds is 4. The first-order valence-corrected chi connectivity index (χ1v) is 7.48. The van der Waals surface area contributed by atoms with Crippen LogP contribution in [0.2, 0.25) is 0 Å². The van der Waals surface area contributed by atoms with Gasteiger partial charge < -0.3 is 4.74 Å². The molecule has 5 nitrogen and oxygen atoms in total. The summed E-state index contributed by atoms with van der Waals surface area (Å²) in [4.78, 5) is 17.3. The van der Waals surface area contributed by atoms with Crippen molar-refractivity contribution in [2.45, 2.75) is 13.5 Å². The number of thiophene rings is 1. The topological polar surface area (TPSA) is 56.5 Å². The van der Waals surface area contributed by atoms with Crippen LogP contribution in [0.25, 0.3) is 10.2 Å². The molecule has 0 saturated carbocycles. The van der Waals surface area contributed by atoms with E-state index in [0.717, 1.165) is 0 Å². The van der Waals surface area contributed by atoms with Crippen LogP contribution < -0.4 is 10.3 Å². The Bertz CT molecular complexity index is 917. The molecule has 3 aromatic rings. The second kappa shape index (κ2) is 6.25. The fourth-order valence-corrected chi connectivity index (χ4v) is 2.80. The summed E-state index contributed by atoms with van der Waals surface area (Å²) in [5, 5.41) is 6.44. The summed E-state index contributed by atoms with van der Waals surface area (Å²) >= 11 is 1.39. The Morgan fingerprint density at radius 3 is 2.74 bits per heavy atom. The molecule has 0 unspecified atom stereocenters. The number of halogens is 2. The van der Waals surface area contributed by atoms with Gasteiger partial charge in [-0.3, -0.25) is 4.79 Å². The van der Waals surface area contributed by atoms with Gasteiger partial charge in [-0.1, -0.05) is 0 Å². The first-order valence-electron chi connectivity index (χ1n) is 6.60. The molecule has 0 aliphatic heterocycles. The number of fused-ring (bicyclic) bond motifs is 1. The zero-order valence-electron chi connectivity index (χ0n) is 11.9. The third-order valence-corrected chi connectivity index (χ3v) is 3.87. The molecule has 0 bridgehead atoms. The van der Waals surface area contributed by atoms with Crippen molar-refractivity contribution in [2.75, 3.05) is 0 Å². The summed E-state index contributed by atoms with van der Waals surface area (Å²) in [5.74, 6) is 0.533. The highest BCUT2D eigenvalue weighted by Crippen LogP contribution is 2.16. The first kappa shape index (κ1) is 15.3. The molecule has 0 N–H and O–H groups in total. The van der Waals surface area contributed by atoms with Crippen molar-refractivity contribution in [2.24, 2.45) is 5.10 Å². The van der Waals surface area contributed by atoms with Crippen LogP contribution in [-0.4, -0.2) is 22.5 Å². The van der Waals surface area contributed by atoms with Crippen LogP contribution in [0.3, 0.4) is 0 Å². The quantitative estimate of drug-likeness (QED) is 0.688. The molecule has 23 heavy (non-hydrogen) atoms. The van der Waals surface area contributed by atoms with Crippen molar-refractivity contribution in [1.29, 1.82) is 0 Å². The Hall–Kier alpha value is -2.61. The van der Waals surface area contributed by atoms with Gasteiger partial charge in [0.2, 0.25) is 0 Å². The van der Waals surface area contributed by atoms with Gasteiger partial charge in [0.25, 0.3) is 5.56 Å². The molecule has 1 aromatic carbocycles. The molecule has 0 amide bonds. The highest BCUT2D eigenvalue weighted by atomic mass is 32.1. The van der Waals surface area contributed by atoms with Crippen molar-refractivity contribution >= 4 is 27.8 Å². The van der Waals surface area contributed by atoms with Crippen molar-refractivity contribution in [3.63, 3.8) is 0 Å². The van der Waals surface area contributed by atoms with Crippen molar-refractivity contribution in [3.8, 4) is 5.75 Å². The predicted octanol–water partition coefficient (Wildman–Crippen LogP) is 3.25. The molecule has 8 heteroatoms. The molecule has 118 valence electrons. The van der Waals surface area contributed by atoms with Gasteiger partial charge in [0.1, 0.15) is 16.4 Å². The van der Waals surface area contributed by atoms with Gasteiger partial charge in [-0.2, -0.15) is 18.6 Å². The Balaban J connectivity index is 1.89. The molecule has 0 aliphatic rings. The lowest BCUT2D eigenvalue weighted by Gasteiger charge is -2.04. The normalized spacial score (nSPS) is 11.7. The minimum Gasteiger partial charge on any atom is -0.435 e. The number of benzene rings is 1. The molecular formula is C15H11F2N3O2S. The van der Waals surface area contributed by atoms with Crippen LogP contribution >= 0.6 is 11.3 Å². The van der Waals surface area contributed by atoms with E-state index in [0.29, 0.717) is 21.6 Å². The van der Waals surface area contributed by atoms with Crippen molar-refractivity contribution < 1.29 is 13.5 Å². The van der Waals surface area contributed by atoms with Gasteiger partial charge in [-0.25, -0.2) is 4.98 Å². The number of aromatic nitrogens is 2. The first-order chi connectivity index (χ1) is 11.0. The second-order valence-electron chi connectivity index (χ2n) is 4.61. The smallest absolute Gasteiger partial charge is 0.387 e. The molecule has 0 fully saturated rings. The lowest BCUT2D eigenvalue weighted by atomic mass is 10.2.